The number of anilines is 1. The van der Waals surface area contributed by atoms with Crippen LogP contribution in [0.2, 0.25) is 0 Å². The van der Waals surface area contributed by atoms with Crippen molar-refractivity contribution in [2.75, 3.05) is 18.7 Å². The lowest BCUT2D eigenvalue weighted by atomic mass is 10.1. The van der Waals surface area contributed by atoms with Crippen LogP contribution in [0.15, 0.2) is 47.4 Å². The summed E-state index contributed by atoms with van der Waals surface area (Å²) in [5.41, 5.74) is 1.91. The molecule has 8 heteroatoms. The molecule has 0 aliphatic carbocycles. The van der Waals surface area contributed by atoms with Gasteiger partial charge in [-0.3, -0.25) is 10.1 Å². The Morgan fingerprint density at radius 2 is 1.83 bits per heavy atom. The minimum absolute atomic E-state index is 0.0838. The Hall–Kier alpha value is -2.45. The second-order valence-corrected chi connectivity index (χ2v) is 7.28. The normalized spacial score (nSPS) is 11.2. The number of hydrogen-bond donors (Lipinski definition) is 1. The first-order chi connectivity index (χ1) is 11.3. The van der Waals surface area contributed by atoms with Gasteiger partial charge in [0, 0.05) is 26.0 Å². The maximum atomic E-state index is 11.6. The number of nitro groups is 1. The maximum absolute atomic E-state index is 11.6. The minimum atomic E-state index is -3.51. The summed E-state index contributed by atoms with van der Waals surface area (Å²) in [4.78, 5) is 10.5. The number of sulfone groups is 1. The molecule has 0 aliphatic heterocycles. The Morgan fingerprint density at radius 1 is 1.17 bits per heavy atom. The van der Waals surface area contributed by atoms with E-state index in [0.717, 1.165) is 23.4 Å². The molecule has 0 aliphatic rings. The fourth-order valence-corrected chi connectivity index (χ4v) is 2.90. The molecule has 24 heavy (non-hydrogen) atoms. The predicted molar refractivity (Wildman–Crippen MR) is 90.7 cm³/mol. The summed E-state index contributed by atoms with van der Waals surface area (Å²) < 4.78 is 28.2. The first-order valence-electron chi connectivity index (χ1n) is 7.11. The van der Waals surface area contributed by atoms with Crippen LogP contribution in [0.4, 0.5) is 11.4 Å². The number of nitrogens with zero attached hydrogens (tertiary/aromatic N) is 1. The van der Waals surface area contributed by atoms with E-state index in [2.05, 4.69) is 5.32 Å². The largest absolute Gasteiger partial charge is 0.380 e. The molecule has 0 atom stereocenters. The molecule has 0 spiro atoms. The van der Waals surface area contributed by atoms with E-state index in [9.17, 15) is 18.5 Å². The third kappa shape index (κ3) is 4.30. The first kappa shape index (κ1) is 17.9. The fourth-order valence-electron chi connectivity index (χ4n) is 2.26. The van der Waals surface area contributed by atoms with Crippen LogP contribution in [0.5, 0.6) is 0 Å². The molecule has 0 radical (unpaired) electrons. The Kier molecular flexibility index (Phi) is 5.53. The average molecular weight is 350 g/mol. The Labute approximate surface area is 140 Å². The van der Waals surface area contributed by atoms with Gasteiger partial charge in [-0.05, 0) is 23.3 Å². The molecule has 0 unspecified atom stereocenters. The molecule has 2 aromatic carbocycles. The molecule has 0 saturated carbocycles. The fraction of sp³-hybridized carbons (Fsp3) is 0.250. The van der Waals surface area contributed by atoms with Gasteiger partial charge < -0.3 is 10.1 Å². The van der Waals surface area contributed by atoms with Crippen molar-refractivity contribution < 1.29 is 18.1 Å². The molecule has 7 nitrogen and oxygen atoms in total. The molecule has 1 N–H and O–H groups in total. The number of nitrogens with one attached hydrogen (secondary N) is 1. The highest BCUT2D eigenvalue weighted by Crippen LogP contribution is 2.28. The van der Waals surface area contributed by atoms with Crippen molar-refractivity contribution in [2.24, 2.45) is 0 Å². The highest BCUT2D eigenvalue weighted by atomic mass is 32.2. The zero-order valence-electron chi connectivity index (χ0n) is 13.4. The molecular formula is C16H18N2O5S. The summed E-state index contributed by atoms with van der Waals surface area (Å²) in [6, 6.07) is 11.4. The molecule has 0 saturated heterocycles. The van der Waals surface area contributed by atoms with Gasteiger partial charge in [-0.2, -0.15) is 0 Å². The predicted octanol–water partition coefficient (Wildman–Crippen LogP) is 2.76. The van der Waals surface area contributed by atoms with Gasteiger partial charge in [0.1, 0.15) is 5.69 Å². The van der Waals surface area contributed by atoms with Gasteiger partial charge in [-0.15, -0.1) is 0 Å². The van der Waals surface area contributed by atoms with Gasteiger partial charge >= 0.3 is 0 Å². The van der Waals surface area contributed by atoms with Crippen molar-refractivity contribution in [2.45, 2.75) is 18.0 Å². The van der Waals surface area contributed by atoms with Crippen molar-refractivity contribution in [3.05, 3.63) is 63.7 Å². The van der Waals surface area contributed by atoms with Crippen molar-refractivity contribution in [1.82, 2.24) is 0 Å². The molecule has 128 valence electrons. The maximum Gasteiger partial charge on any atom is 0.293 e. The van der Waals surface area contributed by atoms with E-state index in [0.29, 0.717) is 13.2 Å². The van der Waals surface area contributed by atoms with E-state index in [-0.39, 0.29) is 16.3 Å². The third-order valence-electron chi connectivity index (χ3n) is 3.48. The van der Waals surface area contributed by atoms with Gasteiger partial charge in [0.2, 0.25) is 0 Å². The lowest BCUT2D eigenvalue weighted by Gasteiger charge is -2.11. The second-order valence-electron chi connectivity index (χ2n) is 5.26. The van der Waals surface area contributed by atoms with Crippen LogP contribution in [0, 0.1) is 10.1 Å². The third-order valence-corrected chi connectivity index (χ3v) is 4.59. The number of ether oxygens (including phenoxy) is 1. The Balaban J connectivity index is 2.29. The number of nitro benzene ring substituents is 1. The standard InChI is InChI=1S/C16H18N2O5S/c1-23-11-13-6-4-3-5-12(13)10-17-15-8-7-14(24(2,21)22)9-16(15)18(19)20/h3-9,17H,10-11H2,1-2H3. The second kappa shape index (κ2) is 7.41. The smallest absolute Gasteiger partial charge is 0.293 e. The summed E-state index contributed by atoms with van der Waals surface area (Å²) in [5, 5.41) is 14.2. The molecule has 0 bridgehead atoms. The van der Waals surface area contributed by atoms with Crippen LogP contribution >= 0.6 is 0 Å². The highest BCUT2D eigenvalue weighted by molar-refractivity contribution is 7.90. The quantitative estimate of drug-likeness (QED) is 0.609. The number of methoxy groups -OCH3 is 1. The minimum Gasteiger partial charge on any atom is -0.380 e. The number of benzene rings is 2. The summed E-state index contributed by atoms with van der Waals surface area (Å²) in [6.07, 6.45) is 1.01. The van der Waals surface area contributed by atoms with Crippen LogP contribution in [0.25, 0.3) is 0 Å². The zero-order chi connectivity index (χ0) is 17.7. The lowest BCUT2D eigenvalue weighted by Crippen LogP contribution is -2.06. The SMILES string of the molecule is COCc1ccccc1CNc1ccc(S(C)(=O)=O)cc1[N+](=O)[O-]. The van der Waals surface area contributed by atoms with Crippen LogP contribution in [-0.2, 0) is 27.7 Å². The van der Waals surface area contributed by atoms with E-state index < -0.39 is 14.8 Å². The molecule has 2 aromatic rings. The van der Waals surface area contributed by atoms with Gasteiger partial charge in [-0.1, -0.05) is 24.3 Å². The van der Waals surface area contributed by atoms with Crippen LogP contribution < -0.4 is 5.32 Å². The summed E-state index contributed by atoms with van der Waals surface area (Å²) in [7, 11) is -1.91. The van der Waals surface area contributed by atoms with E-state index in [1.807, 2.05) is 24.3 Å². The van der Waals surface area contributed by atoms with E-state index in [1.165, 1.54) is 12.1 Å². The van der Waals surface area contributed by atoms with Crippen molar-refractivity contribution >= 4 is 21.2 Å². The number of hydrogen-bond acceptors (Lipinski definition) is 6. The van der Waals surface area contributed by atoms with Gasteiger partial charge in [-0.25, -0.2) is 8.42 Å². The van der Waals surface area contributed by atoms with Crippen molar-refractivity contribution in [3.8, 4) is 0 Å². The van der Waals surface area contributed by atoms with Gasteiger partial charge in [0.25, 0.3) is 5.69 Å². The molecule has 2 rings (SSSR count). The summed E-state index contributed by atoms with van der Waals surface area (Å²) in [6.45, 7) is 0.797. The Morgan fingerprint density at radius 3 is 2.42 bits per heavy atom. The van der Waals surface area contributed by atoms with Crippen molar-refractivity contribution in [1.29, 1.82) is 0 Å². The first-order valence-corrected chi connectivity index (χ1v) is 9.00. The van der Waals surface area contributed by atoms with E-state index in [1.54, 1.807) is 7.11 Å². The molecule has 0 heterocycles. The van der Waals surface area contributed by atoms with Crippen LogP contribution in [0.3, 0.4) is 0 Å². The zero-order valence-corrected chi connectivity index (χ0v) is 14.2. The monoisotopic (exact) mass is 350 g/mol. The highest BCUT2D eigenvalue weighted by Gasteiger charge is 2.18. The molecule has 0 fully saturated rings. The summed E-state index contributed by atoms with van der Waals surface area (Å²) >= 11 is 0. The van der Waals surface area contributed by atoms with E-state index in [4.69, 9.17) is 4.74 Å². The van der Waals surface area contributed by atoms with Gasteiger partial charge in [0.15, 0.2) is 9.84 Å². The average Bonchev–Trinajstić information content (AvgIpc) is 2.53. The summed E-state index contributed by atoms with van der Waals surface area (Å²) in [5.74, 6) is 0. The molecule has 0 aromatic heterocycles. The van der Waals surface area contributed by atoms with Crippen LogP contribution in [-0.4, -0.2) is 26.7 Å². The number of rotatable bonds is 7. The molecule has 0 amide bonds. The molecular weight excluding hydrogens is 332 g/mol. The topological polar surface area (TPSA) is 98.5 Å². The van der Waals surface area contributed by atoms with Crippen LogP contribution in [0.1, 0.15) is 11.1 Å². The lowest BCUT2D eigenvalue weighted by molar-refractivity contribution is -0.384. The van der Waals surface area contributed by atoms with Crippen molar-refractivity contribution in [3.63, 3.8) is 0 Å². The van der Waals surface area contributed by atoms with Gasteiger partial charge in [0.05, 0.1) is 16.4 Å². The Bertz CT molecular complexity index is 849. The van der Waals surface area contributed by atoms with E-state index >= 15 is 0 Å².